The van der Waals surface area contributed by atoms with Crippen molar-refractivity contribution in [2.75, 3.05) is 0 Å². The summed E-state index contributed by atoms with van der Waals surface area (Å²) in [6.07, 6.45) is 4.14. The average Bonchev–Trinajstić information content (AvgIpc) is 2.28. The molecular formula is C12H11F3O3S. The lowest BCUT2D eigenvalue weighted by Gasteiger charge is -2.08. The maximum absolute atomic E-state index is 12.0. The molecule has 0 spiro atoms. The fourth-order valence-corrected chi connectivity index (χ4v) is 1.60. The normalized spacial score (nSPS) is 13.8. The van der Waals surface area contributed by atoms with Gasteiger partial charge in [-0.2, -0.15) is 21.6 Å². The van der Waals surface area contributed by atoms with Crippen LogP contribution in [-0.4, -0.2) is 13.9 Å². The zero-order valence-corrected chi connectivity index (χ0v) is 10.7. The van der Waals surface area contributed by atoms with E-state index in [-0.39, 0.29) is 5.76 Å². The Morgan fingerprint density at radius 1 is 1.21 bits per heavy atom. The van der Waals surface area contributed by atoms with Gasteiger partial charge in [-0.05, 0) is 18.6 Å². The molecule has 1 aromatic carbocycles. The summed E-state index contributed by atoms with van der Waals surface area (Å²) in [6.45, 7) is 1.12. The highest BCUT2D eigenvalue weighted by molar-refractivity contribution is 7.87. The monoisotopic (exact) mass is 292 g/mol. The summed E-state index contributed by atoms with van der Waals surface area (Å²) in [5.74, 6) is -0.371. The molecule has 0 aliphatic heterocycles. The van der Waals surface area contributed by atoms with Crippen LogP contribution in [0.4, 0.5) is 13.2 Å². The van der Waals surface area contributed by atoms with Gasteiger partial charge in [0.05, 0.1) is 0 Å². The van der Waals surface area contributed by atoms with Gasteiger partial charge >= 0.3 is 15.6 Å². The molecular weight excluding hydrogens is 281 g/mol. The van der Waals surface area contributed by atoms with E-state index in [4.69, 9.17) is 0 Å². The zero-order chi connectivity index (χ0) is 14.5. The smallest absolute Gasteiger partial charge is 0.381 e. The summed E-state index contributed by atoms with van der Waals surface area (Å²) in [4.78, 5) is 0. The van der Waals surface area contributed by atoms with Crippen LogP contribution in [0, 0.1) is 0 Å². The number of alkyl halides is 3. The Morgan fingerprint density at radius 2 is 1.79 bits per heavy atom. The largest absolute Gasteiger partial charge is 0.534 e. The minimum atomic E-state index is -5.59. The lowest BCUT2D eigenvalue weighted by molar-refractivity contribution is -0.0521. The topological polar surface area (TPSA) is 43.4 Å². The molecule has 0 heterocycles. The molecule has 104 valence electrons. The summed E-state index contributed by atoms with van der Waals surface area (Å²) < 4.78 is 61.3. The molecule has 1 rings (SSSR count). The highest BCUT2D eigenvalue weighted by atomic mass is 32.2. The molecule has 0 fully saturated rings. The molecule has 0 bridgehead atoms. The first-order chi connectivity index (χ1) is 8.72. The van der Waals surface area contributed by atoms with Crippen molar-refractivity contribution in [1.82, 2.24) is 0 Å². The summed E-state index contributed by atoms with van der Waals surface area (Å²) in [5.41, 5.74) is -4.60. The van der Waals surface area contributed by atoms with Crippen LogP contribution in [0.15, 0.2) is 48.2 Å². The van der Waals surface area contributed by atoms with Crippen molar-refractivity contribution in [1.29, 1.82) is 0 Å². The van der Waals surface area contributed by atoms with Crippen molar-refractivity contribution < 1.29 is 25.8 Å². The third-order valence-electron chi connectivity index (χ3n) is 1.94. The fraction of sp³-hybridized carbons (Fsp3) is 0.167. The molecule has 0 aliphatic rings. The fourth-order valence-electron chi connectivity index (χ4n) is 1.11. The van der Waals surface area contributed by atoms with E-state index in [1.54, 1.807) is 30.3 Å². The Balaban J connectivity index is 2.72. The number of hydrogen-bond acceptors (Lipinski definition) is 3. The second kappa shape index (κ2) is 5.92. The van der Waals surface area contributed by atoms with Gasteiger partial charge in [0.25, 0.3) is 0 Å². The molecule has 3 nitrogen and oxygen atoms in total. The van der Waals surface area contributed by atoms with Gasteiger partial charge in [-0.25, -0.2) is 0 Å². The van der Waals surface area contributed by atoms with Crippen LogP contribution in [0.3, 0.4) is 0 Å². The van der Waals surface area contributed by atoms with E-state index >= 15 is 0 Å². The Hall–Kier alpha value is -1.76. The van der Waals surface area contributed by atoms with Gasteiger partial charge in [0, 0.05) is 0 Å². The van der Waals surface area contributed by atoms with Gasteiger partial charge in [-0.15, -0.1) is 0 Å². The SMILES string of the molecule is C/C(=C\C=C\c1ccccc1)OS(=O)(=O)C(F)(F)F. The Morgan fingerprint density at radius 3 is 2.32 bits per heavy atom. The molecule has 19 heavy (non-hydrogen) atoms. The van der Waals surface area contributed by atoms with Crippen molar-refractivity contribution in [3.63, 3.8) is 0 Å². The number of halogens is 3. The van der Waals surface area contributed by atoms with Crippen LogP contribution in [0.5, 0.6) is 0 Å². The van der Waals surface area contributed by atoms with E-state index in [0.717, 1.165) is 18.6 Å². The van der Waals surface area contributed by atoms with E-state index < -0.39 is 15.6 Å². The van der Waals surface area contributed by atoms with E-state index in [0.29, 0.717) is 0 Å². The Labute approximate surface area is 109 Å². The number of rotatable bonds is 4. The lowest BCUT2D eigenvalue weighted by Crippen LogP contribution is -2.24. The predicted molar refractivity (Wildman–Crippen MR) is 65.3 cm³/mol. The van der Waals surface area contributed by atoms with Crippen molar-refractivity contribution in [2.45, 2.75) is 12.4 Å². The number of benzene rings is 1. The maximum Gasteiger partial charge on any atom is 0.534 e. The summed E-state index contributed by atoms with van der Waals surface area (Å²) in [7, 11) is -5.59. The average molecular weight is 292 g/mol. The summed E-state index contributed by atoms with van der Waals surface area (Å²) in [5, 5.41) is 0. The van der Waals surface area contributed by atoms with Crippen molar-refractivity contribution >= 4 is 16.2 Å². The van der Waals surface area contributed by atoms with Crippen LogP contribution in [0.1, 0.15) is 12.5 Å². The van der Waals surface area contributed by atoms with Crippen molar-refractivity contribution in [3.8, 4) is 0 Å². The minimum absolute atomic E-state index is 0.371. The van der Waals surface area contributed by atoms with E-state index in [9.17, 15) is 21.6 Å². The highest BCUT2D eigenvalue weighted by Crippen LogP contribution is 2.26. The van der Waals surface area contributed by atoms with Crippen LogP contribution >= 0.6 is 0 Å². The first-order valence-corrected chi connectivity index (χ1v) is 6.54. The van der Waals surface area contributed by atoms with Gasteiger partial charge in [-0.3, -0.25) is 0 Å². The Bertz CT molecular complexity index is 572. The first-order valence-electron chi connectivity index (χ1n) is 5.13. The van der Waals surface area contributed by atoms with Crippen LogP contribution in [0.25, 0.3) is 6.08 Å². The Kier molecular flexibility index (Phi) is 4.77. The second-order valence-electron chi connectivity index (χ2n) is 3.53. The first kappa shape index (κ1) is 15.3. The summed E-state index contributed by atoms with van der Waals surface area (Å²) >= 11 is 0. The highest BCUT2D eigenvalue weighted by Gasteiger charge is 2.48. The van der Waals surface area contributed by atoms with Gasteiger partial charge in [0.1, 0.15) is 5.76 Å². The molecule has 0 aliphatic carbocycles. The van der Waals surface area contributed by atoms with E-state index in [1.165, 1.54) is 6.08 Å². The molecule has 0 saturated heterocycles. The molecule has 0 radical (unpaired) electrons. The predicted octanol–water partition coefficient (Wildman–Crippen LogP) is 3.47. The molecule has 0 atom stereocenters. The number of allylic oxidation sites excluding steroid dienone is 3. The van der Waals surface area contributed by atoms with Gasteiger partial charge < -0.3 is 4.18 Å². The van der Waals surface area contributed by atoms with Crippen LogP contribution in [0.2, 0.25) is 0 Å². The molecule has 1 aromatic rings. The molecule has 0 unspecified atom stereocenters. The van der Waals surface area contributed by atoms with E-state index in [2.05, 4.69) is 4.18 Å². The quantitative estimate of drug-likeness (QED) is 0.369. The van der Waals surface area contributed by atoms with Crippen LogP contribution in [-0.2, 0) is 14.3 Å². The van der Waals surface area contributed by atoms with E-state index in [1.807, 2.05) is 6.07 Å². The number of hydrogen-bond donors (Lipinski definition) is 0. The molecule has 0 amide bonds. The third kappa shape index (κ3) is 4.78. The summed E-state index contributed by atoms with van der Waals surface area (Å²) in [6, 6.07) is 8.97. The molecule has 0 N–H and O–H groups in total. The molecule has 0 saturated carbocycles. The van der Waals surface area contributed by atoms with Crippen molar-refractivity contribution in [2.24, 2.45) is 0 Å². The van der Waals surface area contributed by atoms with Gasteiger partial charge in [0.15, 0.2) is 0 Å². The van der Waals surface area contributed by atoms with Crippen LogP contribution < -0.4 is 0 Å². The standard InChI is InChI=1S/C12H11F3O3S/c1-10(18-19(16,17)12(13,14)15)6-5-9-11-7-3-2-4-8-11/h2-9H,1H3/b9-5+,10-6+. The van der Waals surface area contributed by atoms with Gasteiger partial charge in [-0.1, -0.05) is 42.5 Å². The molecule has 0 aromatic heterocycles. The zero-order valence-electron chi connectivity index (χ0n) is 9.89. The lowest BCUT2D eigenvalue weighted by atomic mass is 10.2. The second-order valence-corrected chi connectivity index (χ2v) is 5.07. The maximum atomic E-state index is 12.0. The minimum Gasteiger partial charge on any atom is -0.381 e. The van der Waals surface area contributed by atoms with Gasteiger partial charge in [0.2, 0.25) is 0 Å². The molecule has 7 heteroatoms. The third-order valence-corrected chi connectivity index (χ3v) is 2.99. The van der Waals surface area contributed by atoms with Crippen molar-refractivity contribution in [3.05, 3.63) is 53.8 Å².